The monoisotopic (exact) mass is 262 g/mol. The summed E-state index contributed by atoms with van der Waals surface area (Å²) in [6.45, 7) is 7.31. The van der Waals surface area contributed by atoms with Crippen LogP contribution in [-0.4, -0.2) is 23.1 Å². The van der Waals surface area contributed by atoms with E-state index < -0.39 is 18.0 Å². The lowest BCUT2D eigenvalue weighted by atomic mass is 10.1. The van der Waals surface area contributed by atoms with E-state index in [1.807, 2.05) is 32.0 Å². The van der Waals surface area contributed by atoms with E-state index in [1.165, 1.54) is 6.08 Å². The van der Waals surface area contributed by atoms with Gasteiger partial charge in [0.15, 0.2) is 0 Å². The number of anilines is 1. The topological polar surface area (TPSA) is 78.4 Å². The lowest BCUT2D eigenvalue weighted by Gasteiger charge is -2.14. The third-order valence-corrected chi connectivity index (χ3v) is 2.49. The summed E-state index contributed by atoms with van der Waals surface area (Å²) in [5.41, 5.74) is 2.69. The van der Waals surface area contributed by atoms with E-state index in [0.29, 0.717) is 5.69 Å². The van der Waals surface area contributed by atoms with Gasteiger partial charge in [0.1, 0.15) is 6.04 Å². The summed E-state index contributed by atoms with van der Waals surface area (Å²) in [5, 5.41) is 13.9. The second-order valence-corrected chi connectivity index (χ2v) is 4.39. The summed E-state index contributed by atoms with van der Waals surface area (Å²) in [6, 6.07) is 4.11. The van der Waals surface area contributed by atoms with Crippen molar-refractivity contribution in [1.29, 1.82) is 0 Å². The molecule has 0 bridgehead atoms. The number of carbonyl (C=O) groups is 2. The molecule has 1 rings (SSSR count). The van der Waals surface area contributed by atoms with Crippen molar-refractivity contribution in [2.45, 2.75) is 26.3 Å². The van der Waals surface area contributed by atoms with Crippen molar-refractivity contribution in [3.8, 4) is 0 Å². The largest absolute Gasteiger partial charge is 0.480 e. The number of amides is 2. The molecule has 1 aromatic rings. The molecule has 5 nitrogen and oxygen atoms in total. The Bertz CT molecular complexity index is 477. The van der Waals surface area contributed by atoms with E-state index in [9.17, 15) is 9.59 Å². The molecule has 0 saturated heterocycles. The normalized spacial score (nSPS) is 11.5. The van der Waals surface area contributed by atoms with E-state index in [0.717, 1.165) is 11.1 Å². The van der Waals surface area contributed by atoms with E-state index in [2.05, 4.69) is 17.2 Å². The molecule has 0 fully saturated rings. The number of urea groups is 1. The minimum Gasteiger partial charge on any atom is -0.480 e. The van der Waals surface area contributed by atoms with Gasteiger partial charge in [0.25, 0.3) is 0 Å². The molecule has 5 heteroatoms. The van der Waals surface area contributed by atoms with Gasteiger partial charge in [-0.25, -0.2) is 9.59 Å². The minimum atomic E-state index is -1.09. The predicted molar refractivity (Wildman–Crippen MR) is 74.3 cm³/mol. The number of aryl methyl sites for hydroxylation is 2. The van der Waals surface area contributed by atoms with E-state index in [4.69, 9.17) is 5.11 Å². The van der Waals surface area contributed by atoms with Gasteiger partial charge in [-0.2, -0.15) is 0 Å². The molecular formula is C14H18N2O3. The first-order chi connectivity index (χ1) is 8.92. The molecule has 0 aliphatic carbocycles. The number of carbonyl (C=O) groups excluding carboxylic acids is 1. The fraction of sp³-hybridized carbons (Fsp3) is 0.286. The summed E-state index contributed by atoms with van der Waals surface area (Å²) in [7, 11) is 0. The highest BCUT2D eigenvalue weighted by Gasteiger charge is 2.18. The van der Waals surface area contributed by atoms with Gasteiger partial charge in [-0.15, -0.1) is 6.58 Å². The van der Waals surface area contributed by atoms with Gasteiger partial charge in [-0.05, 0) is 43.5 Å². The Morgan fingerprint density at radius 1 is 1.32 bits per heavy atom. The SMILES string of the molecule is C=CCC(NC(=O)Nc1cc(C)cc(C)c1)C(=O)O. The Balaban J connectivity index is 2.68. The summed E-state index contributed by atoms with van der Waals surface area (Å²) in [6.07, 6.45) is 1.63. The lowest BCUT2D eigenvalue weighted by molar-refractivity contribution is -0.139. The van der Waals surface area contributed by atoms with Crippen LogP contribution in [0.25, 0.3) is 0 Å². The Kier molecular flexibility index (Phi) is 5.11. The number of benzene rings is 1. The number of carboxylic acids is 1. The molecule has 2 amide bonds. The van der Waals surface area contributed by atoms with E-state index in [-0.39, 0.29) is 6.42 Å². The molecule has 0 aromatic heterocycles. The fourth-order valence-electron chi connectivity index (χ4n) is 1.76. The lowest BCUT2D eigenvalue weighted by Crippen LogP contribution is -2.42. The first-order valence-corrected chi connectivity index (χ1v) is 5.92. The molecule has 0 heterocycles. The molecule has 1 unspecified atom stereocenters. The zero-order valence-corrected chi connectivity index (χ0v) is 11.1. The van der Waals surface area contributed by atoms with Crippen LogP contribution in [0.2, 0.25) is 0 Å². The Morgan fingerprint density at radius 2 is 1.89 bits per heavy atom. The molecule has 102 valence electrons. The zero-order chi connectivity index (χ0) is 14.4. The summed E-state index contributed by atoms with van der Waals surface area (Å²) in [4.78, 5) is 22.6. The van der Waals surface area contributed by atoms with Crippen molar-refractivity contribution < 1.29 is 14.7 Å². The maximum Gasteiger partial charge on any atom is 0.326 e. The smallest absolute Gasteiger partial charge is 0.326 e. The fourth-order valence-corrected chi connectivity index (χ4v) is 1.76. The molecule has 19 heavy (non-hydrogen) atoms. The van der Waals surface area contributed by atoms with Crippen LogP contribution in [-0.2, 0) is 4.79 Å². The van der Waals surface area contributed by atoms with Crippen LogP contribution in [0.3, 0.4) is 0 Å². The van der Waals surface area contributed by atoms with Crippen molar-refractivity contribution in [3.05, 3.63) is 42.0 Å². The van der Waals surface area contributed by atoms with Gasteiger partial charge in [-0.3, -0.25) is 0 Å². The average molecular weight is 262 g/mol. The standard InChI is InChI=1S/C14H18N2O3/c1-4-5-12(13(17)18)16-14(19)15-11-7-9(2)6-10(3)8-11/h4,6-8,12H,1,5H2,2-3H3,(H,17,18)(H2,15,16,19). The molecule has 0 saturated carbocycles. The highest BCUT2D eigenvalue weighted by molar-refractivity contribution is 5.92. The van der Waals surface area contributed by atoms with Gasteiger partial charge < -0.3 is 15.7 Å². The highest BCUT2D eigenvalue weighted by Crippen LogP contribution is 2.13. The number of hydrogen-bond donors (Lipinski definition) is 3. The van der Waals surface area contributed by atoms with Crippen LogP contribution in [0.5, 0.6) is 0 Å². The van der Waals surface area contributed by atoms with Crippen LogP contribution < -0.4 is 10.6 Å². The van der Waals surface area contributed by atoms with Crippen molar-refractivity contribution in [2.75, 3.05) is 5.32 Å². The molecule has 1 atom stereocenters. The maximum absolute atomic E-state index is 11.7. The number of rotatable bonds is 5. The van der Waals surface area contributed by atoms with Crippen LogP contribution in [0.4, 0.5) is 10.5 Å². The third-order valence-electron chi connectivity index (χ3n) is 2.49. The molecule has 1 aromatic carbocycles. The molecule has 0 aliphatic heterocycles. The number of hydrogen-bond acceptors (Lipinski definition) is 2. The highest BCUT2D eigenvalue weighted by atomic mass is 16.4. The summed E-state index contributed by atoms with van der Waals surface area (Å²) < 4.78 is 0. The van der Waals surface area contributed by atoms with Gasteiger partial charge in [0.05, 0.1) is 0 Å². The Hall–Kier alpha value is -2.30. The predicted octanol–water partition coefficient (Wildman–Crippen LogP) is 2.45. The van der Waals surface area contributed by atoms with E-state index >= 15 is 0 Å². The van der Waals surface area contributed by atoms with Crippen molar-refractivity contribution in [2.24, 2.45) is 0 Å². The quantitative estimate of drug-likeness (QED) is 0.713. The van der Waals surface area contributed by atoms with E-state index in [1.54, 1.807) is 0 Å². The van der Waals surface area contributed by atoms with Gasteiger partial charge in [-0.1, -0.05) is 12.1 Å². The Labute approximate surface area is 112 Å². The first-order valence-electron chi connectivity index (χ1n) is 5.92. The second kappa shape index (κ2) is 6.58. The molecule has 0 aliphatic rings. The van der Waals surface area contributed by atoms with Crippen molar-refractivity contribution in [1.82, 2.24) is 5.32 Å². The van der Waals surface area contributed by atoms with Gasteiger partial charge >= 0.3 is 12.0 Å². The molecule has 3 N–H and O–H groups in total. The van der Waals surface area contributed by atoms with Crippen molar-refractivity contribution >= 4 is 17.7 Å². The van der Waals surface area contributed by atoms with Gasteiger partial charge in [0.2, 0.25) is 0 Å². The maximum atomic E-state index is 11.7. The van der Waals surface area contributed by atoms with Crippen LogP contribution in [0.15, 0.2) is 30.9 Å². The second-order valence-electron chi connectivity index (χ2n) is 4.39. The van der Waals surface area contributed by atoms with Crippen LogP contribution in [0.1, 0.15) is 17.5 Å². The van der Waals surface area contributed by atoms with Crippen LogP contribution >= 0.6 is 0 Å². The first kappa shape index (κ1) is 14.8. The van der Waals surface area contributed by atoms with Crippen LogP contribution in [0, 0.1) is 13.8 Å². The zero-order valence-electron chi connectivity index (χ0n) is 11.1. The Morgan fingerprint density at radius 3 is 2.37 bits per heavy atom. The summed E-state index contributed by atoms with van der Waals surface area (Å²) >= 11 is 0. The number of carboxylic acid groups (broad SMARTS) is 1. The number of nitrogens with one attached hydrogen (secondary N) is 2. The van der Waals surface area contributed by atoms with Crippen molar-refractivity contribution in [3.63, 3.8) is 0 Å². The average Bonchev–Trinajstić information content (AvgIpc) is 2.26. The summed E-state index contributed by atoms with van der Waals surface area (Å²) in [5.74, 6) is -1.09. The third kappa shape index (κ3) is 4.83. The minimum absolute atomic E-state index is 0.176. The number of aliphatic carboxylic acids is 1. The molecule has 0 spiro atoms. The molecular weight excluding hydrogens is 244 g/mol. The van der Waals surface area contributed by atoms with Gasteiger partial charge in [0, 0.05) is 5.69 Å². The molecule has 0 radical (unpaired) electrons.